The molecule has 0 aliphatic carbocycles. The normalized spacial score (nSPS) is 26.2. The van der Waals surface area contributed by atoms with Gasteiger partial charge in [-0.1, -0.05) is 0 Å². The van der Waals surface area contributed by atoms with Crippen LogP contribution in [0, 0.1) is 0 Å². The van der Waals surface area contributed by atoms with Crippen LogP contribution in [0.2, 0.25) is 0 Å². The summed E-state index contributed by atoms with van der Waals surface area (Å²) in [7, 11) is 3.82. The molecule has 0 aromatic carbocycles. The Balaban J connectivity index is 1.81. The zero-order valence-corrected chi connectivity index (χ0v) is 11.2. The fourth-order valence-electron chi connectivity index (χ4n) is 2.34. The first-order chi connectivity index (χ1) is 9.00. The average molecular weight is 272 g/mol. The SMILES string of the molecule is CN(C)CCONC(=O)C1CCC2CN1C(=O)N2O. The molecule has 0 aromatic rings. The van der Waals surface area contributed by atoms with E-state index in [2.05, 4.69) is 5.48 Å². The van der Waals surface area contributed by atoms with E-state index < -0.39 is 12.1 Å². The number of likely N-dealkylation sites (N-methyl/N-ethyl adjacent to an activating group) is 1. The van der Waals surface area contributed by atoms with Gasteiger partial charge in [-0.3, -0.25) is 14.8 Å². The van der Waals surface area contributed by atoms with E-state index in [1.165, 1.54) is 4.90 Å². The number of fused-ring (bicyclic) bond motifs is 2. The third kappa shape index (κ3) is 2.96. The number of nitrogens with zero attached hydrogens (tertiary/aromatic N) is 3. The highest BCUT2D eigenvalue weighted by molar-refractivity contribution is 5.87. The van der Waals surface area contributed by atoms with Gasteiger partial charge in [0.25, 0.3) is 5.91 Å². The van der Waals surface area contributed by atoms with Crippen LogP contribution < -0.4 is 5.48 Å². The van der Waals surface area contributed by atoms with Gasteiger partial charge < -0.3 is 9.80 Å². The molecule has 2 N–H and O–H groups in total. The first kappa shape index (κ1) is 14.0. The van der Waals surface area contributed by atoms with Crippen LogP contribution in [0.5, 0.6) is 0 Å². The first-order valence-corrected chi connectivity index (χ1v) is 6.35. The zero-order chi connectivity index (χ0) is 14.0. The number of nitrogens with one attached hydrogen (secondary N) is 1. The van der Waals surface area contributed by atoms with E-state index in [-0.39, 0.29) is 11.9 Å². The Morgan fingerprint density at radius 1 is 1.53 bits per heavy atom. The molecular weight excluding hydrogens is 252 g/mol. The third-order valence-electron chi connectivity index (χ3n) is 3.46. The quantitative estimate of drug-likeness (QED) is 0.391. The summed E-state index contributed by atoms with van der Waals surface area (Å²) >= 11 is 0. The molecule has 2 fully saturated rings. The minimum Gasteiger partial charge on any atom is -0.309 e. The number of carbonyl (C=O) groups is 2. The molecule has 0 saturated carbocycles. The van der Waals surface area contributed by atoms with Crippen LogP contribution in [0.3, 0.4) is 0 Å². The molecule has 2 aliphatic rings. The van der Waals surface area contributed by atoms with Crippen molar-refractivity contribution >= 4 is 11.9 Å². The Hall–Kier alpha value is -1.38. The number of carbonyl (C=O) groups excluding carboxylic acids is 2. The summed E-state index contributed by atoms with van der Waals surface area (Å²) in [5.41, 5.74) is 2.37. The second-order valence-electron chi connectivity index (χ2n) is 5.14. The van der Waals surface area contributed by atoms with Gasteiger partial charge in [0, 0.05) is 13.1 Å². The van der Waals surface area contributed by atoms with Gasteiger partial charge in [0.2, 0.25) is 0 Å². The van der Waals surface area contributed by atoms with Crippen molar-refractivity contribution in [3.63, 3.8) is 0 Å². The lowest BCUT2D eigenvalue weighted by Gasteiger charge is -2.28. The number of hydroxylamine groups is 3. The fourth-order valence-corrected chi connectivity index (χ4v) is 2.34. The smallest absolute Gasteiger partial charge is 0.309 e. The second-order valence-corrected chi connectivity index (χ2v) is 5.14. The minimum atomic E-state index is -0.555. The third-order valence-corrected chi connectivity index (χ3v) is 3.46. The summed E-state index contributed by atoms with van der Waals surface area (Å²) in [4.78, 5) is 32.0. The number of amides is 3. The molecule has 3 amide bonds. The van der Waals surface area contributed by atoms with Crippen molar-refractivity contribution in [1.29, 1.82) is 0 Å². The molecule has 2 unspecified atom stereocenters. The predicted molar refractivity (Wildman–Crippen MR) is 65.2 cm³/mol. The molecule has 8 nitrogen and oxygen atoms in total. The van der Waals surface area contributed by atoms with Crippen LogP contribution in [0.4, 0.5) is 4.79 Å². The van der Waals surface area contributed by atoms with E-state index in [0.29, 0.717) is 32.5 Å². The van der Waals surface area contributed by atoms with Crippen molar-refractivity contribution in [2.45, 2.75) is 24.9 Å². The number of hydrogen-bond acceptors (Lipinski definition) is 5. The molecule has 2 heterocycles. The first-order valence-electron chi connectivity index (χ1n) is 6.35. The van der Waals surface area contributed by atoms with Crippen molar-refractivity contribution in [1.82, 2.24) is 20.3 Å². The van der Waals surface area contributed by atoms with Crippen LogP contribution in [-0.2, 0) is 9.63 Å². The number of hydrogen-bond donors (Lipinski definition) is 2. The van der Waals surface area contributed by atoms with E-state index in [9.17, 15) is 14.8 Å². The van der Waals surface area contributed by atoms with Crippen molar-refractivity contribution in [2.75, 3.05) is 33.8 Å². The summed E-state index contributed by atoms with van der Waals surface area (Å²) in [6.45, 7) is 1.47. The van der Waals surface area contributed by atoms with Gasteiger partial charge in [0.1, 0.15) is 6.04 Å². The largest absolute Gasteiger partial charge is 0.344 e. The molecule has 108 valence electrons. The Kier molecular flexibility index (Phi) is 4.23. The number of piperidine rings is 1. The molecule has 19 heavy (non-hydrogen) atoms. The Bertz CT molecular complexity index is 363. The van der Waals surface area contributed by atoms with Crippen molar-refractivity contribution in [3.8, 4) is 0 Å². The second kappa shape index (κ2) is 5.72. The van der Waals surface area contributed by atoms with E-state index in [1.54, 1.807) is 0 Å². The van der Waals surface area contributed by atoms with Gasteiger partial charge in [-0.2, -0.15) is 0 Å². The minimum absolute atomic E-state index is 0.189. The van der Waals surface area contributed by atoms with E-state index in [1.807, 2.05) is 19.0 Å². The van der Waals surface area contributed by atoms with Gasteiger partial charge in [0.15, 0.2) is 0 Å². The molecule has 2 atom stereocenters. The summed E-state index contributed by atoms with van der Waals surface area (Å²) in [6, 6.07) is -1.25. The summed E-state index contributed by atoms with van der Waals surface area (Å²) in [5.74, 6) is -0.333. The molecule has 0 aromatic heterocycles. The molecule has 2 saturated heterocycles. The molecule has 2 rings (SSSR count). The summed E-state index contributed by atoms with van der Waals surface area (Å²) in [5, 5.41) is 10.2. The highest BCUT2D eigenvalue weighted by atomic mass is 16.7. The lowest BCUT2D eigenvalue weighted by Crippen LogP contribution is -2.50. The molecule has 8 heteroatoms. The predicted octanol–water partition coefficient (Wildman–Crippen LogP) is -0.746. The van der Waals surface area contributed by atoms with E-state index in [4.69, 9.17) is 4.84 Å². The standard InChI is InChI=1S/C11H20N4O4/c1-13(2)5-6-19-12-10(16)9-4-3-8-7-14(9)11(17)15(8)18/h8-9,18H,3-7H2,1-2H3,(H,12,16). The monoisotopic (exact) mass is 272 g/mol. The molecule has 2 aliphatic heterocycles. The Labute approximate surface area is 111 Å². The van der Waals surface area contributed by atoms with Gasteiger partial charge >= 0.3 is 6.03 Å². The van der Waals surface area contributed by atoms with Gasteiger partial charge in [-0.15, -0.1) is 0 Å². The van der Waals surface area contributed by atoms with Crippen LogP contribution in [0.25, 0.3) is 0 Å². The molecule has 0 radical (unpaired) electrons. The maximum absolute atomic E-state index is 11.9. The maximum Gasteiger partial charge on any atom is 0.344 e. The van der Waals surface area contributed by atoms with Crippen LogP contribution in [-0.4, -0.2) is 77.9 Å². The number of urea groups is 1. The lowest BCUT2D eigenvalue weighted by atomic mass is 10.0. The zero-order valence-electron chi connectivity index (χ0n) is 11.2. The van der Waals surface area contributed by atoms with Crippen LogP contribution >= 0.6 is 0 Å². The molecule has 0 spiro atoms. The lowest BCUT2D eigenvalue weighted by molar-refractivity contribution is -0.139. The maximum atomic E-state index is 11.9. The molecule has 2 bridgehead atoms. The molecular formula is C11H20N4O4. The van der Waals surface area contributed by atoms with Gasteiger partial charge in [-0.05, 0) is 26.9 Å². The highest BCUT2D eigenvalue weighted by Crippen LogP contribution is 2.28. The Morgan fingerprint density at radius 2 is 2.26 bits per heavy atom. The van der Waals surface area contributed by atoms with E-state index in [0.717, 1.165) is 5.06 Å². The van der Waals surface area contributed by atoms with Crippen molar-refractivity contribution in [2.24, 2.45) is 0 Å². The topological polar surface area (TPSA) is 85.4 Å². The van der Waals surface area contributed by atoms with E-state index >= 15 is 0 Å². The Morgan fingerprint density at radius 3 is 2.95 bits per heavy atom. The summed E-state index contributed by atoms with van der Waals surface area (Å²) in [6.07, 6.45) is 1.16. The van der Waals surface area contributed by atoms with Gasteiger partial charge in [0.05, 0.1) is 12.6 Å². The van der Waals surface area contributed by atoms with Crippen molar-refractivity contribution < 1.29 is 19.6 Å². The van der Waals surface area contributed by atoms with Crippen LogP contribution in [0.1, 0.15) is 12.8 Å². The summed E-state index contributed by atoms with van der Waals surface area (Å²) < 4.78 is 0. The number of rotatable bonds is 5. The average Bonchev–Trinajstić information content (AvgIpc) is 2.60. The van der Waals surface area contributed by atoms with Gasteiger partial charge in [-0.25, -0.2) is 15.3 Å². The fraction of sp³-hybridized carbons (Fsp3) is 0.818. The van der Waals surface area contributed by atoms with Crippen LogP contribution in [0.15, 0.2) is 0 Å². The highest BCUT2D eigenvalue weighted by Gasteiger charge is 2.46. The van der Waals surface area contributed by atoms with Crippen molar-refractivity contribution in [3.05, 3.63) is 0 Å².